The van der Waals surface area contributed by atoms with Crippen LogP contribution >= 0.6 is 0 Å². The number of benzene rings is 1. The van der Waals surface area contributed by atoms with Crippen LogP contribution in [0.25, 0.3) is 0 Å². The topological polar surface area (TPSA) is 130 Å². The van der Waals surface area contributed by atoms with E-state index in [2.05, 4.69) is 20.8 Å². The third-order valence-corrected chi connectivity index (χ3v) is 6.93. The van der Waals surface area contributed by atoms with Crippen molar-refractivity contribution in [1.82, 2.24) is 15.5 Å². The molecule has 0 unspecified atom stereocenters. The van der Waals surface area contributed by atoms with E-state index in [0.717, 1.165) is 25.5 Å². The van der Waals surface area contributed by atoms with Gasteiger partial charge in [0.05, 0.1) is 17.0 Å². The summed E-state index contributed by atoms with van der Waals surface area (Å²) in [6, 6.07) is 8.08. The second-order valence-electron chi connectivity index (χ2n) is 8.32. The molecule has 0 spiro atoms. The summed E-state index contributed by atoms with van der Waals surface area (Å²) in [7, 11) is -3.45. The van der Waals surface area contributed by atoms with E-state index in [1.165, 1.54) is 6.07 Å². The third-order valence-electron chi connectivity index (χ3n) is 5.74. The van der Waals surface area contributed by atoms with Crippen LogP contribution in [0, 0.1) is 0 Å². The van der Waals surface area contributed by atoms with Gasteiger partial charge < -0.3 is 15.4 Å². The Morgan fingerprint density at radius 3 is 2.59 bits per heavy atom. The number of ether oxygens (including phenoxy) is 1. The summed E-state index contributed by atoms with van der Waals surface area (Å²) in [5.74, 6) is -0.103. The number of sulfone groups is 1. The molecule has 0 aliphatic heterocycles. The van der Waals surface area contributed by atoms with Gasteiger partial charge in [0.2, 0.25) is 5.91 Å². The molecule has 0 saturated heterocycles. The van der Waals surface area contributed by atoms with Crippen molar-refractivity contribution in [3.63, 3.8) is 0 Å². The highest BCUT2D eigenvalue weighted by molar-refractivity contribution is 7.90. The van der Waals surface area contributed by atoms with Gasteiger partial charge >= 0.3 is 6.09 Å². The third kappa shape index (κ3) is 5.67. The van der Waals surface area contributed by atoms with E-state index in [9.17, 15) is 18.0 Å². The van der Waals surface area contributed by atoms with E-state index >= 15 is 0 Å². The van der Waals surface area contributed by atoms with Crippen LogP contribution in [0.3, 0.4) is 0 Å². The first-order valence-corrected chi connectivity index (χ1v) is 12.7. The minimum Gasteiger partial charge on any atom is -0.436 e. The molecular formula is C22H30N4O5S. The van der Waals surface area contributed by atoms with Gasteiger partial charge in [-0.15, -0.1) is 0 Å². The summed E-state index contributed by atoms with van der Waals surface area (Å²) in [6.07, 6.45) is 4.49. The predicted octanol–water partition coefficient (Wildman–Crippen LogP) is 3.29. The van der Waals surface area contributed by atoms with Gasteiger partial charge in [-0.25, -0.2) is 13.2 Å². The zero-order valence-corrected chi connectivity index (χ0v) is 19.4. The summed E-state index contributed by atoms with van der Waals surface area (Å²) in [5.41, 5.74) is 0.234. The van der Waals surface area contributed by atoms with Gasteiger partial charge in [0, 0.05) is 18.4 Å². The van der Waals surface area contributed by atoms with Crippen LogP contribution in [-0.2, 0) is 31.4 Å². The summed E-state index contributed by atoms with van der Waals surface area (Å²) in [4.78, 5) is 25.0. The number of carbonyl (C=O) groups is 2. The normalized spacial score (nSPS) is 16.3. The number of carbonyl (C=O) groups excluding carboxylic acids is 2. The smallest absolute Gasteiger partial charge is 0.408 e. The number of rotatable bonds is 8. The highest BCUT2D eigenvalue weighted by atomic mass is 32.2. The average Bonchev–Trinajstić information content (AvgIpc) is 3.37. The number of hydrogen-bond donors (Lipinski definition) is 3. The van der Waals surface area contributed by atoms with Crippen LogP contribution in [0.2, 0.25) is 0 Å². The van der Waals surface area contributed by atoms with Crippen molar-refractivity contribution in [2.75, 3.05) is 11.6 Å². The number of hydrogen-bond acceptors (Lipinski definition) is 6. The van der Waals surface area contributed by atoms with Crippen LogP contribution in [0.15, 0.2) is 35.2 Å². The predicted molar refractivity (Wildman–Crippen MR) is 120 cm³/mol. The Morgan fingerprint density at radius 2 is 1.94 bits per heavy atom. The van der Waals surface area contributed by atoms with E-state index in [4.69, 9.17) is 4.74 Å². The highest BCUT2D eigenvalue weighted by Gasteiger charge is 2.41. The Hall–Kier alpha value is -2.88. The lowest BCUT2D eigenvalue weighted by molar-refractivity contribution is -0.115. The van der Waals surface area contributed by atoms with Crippen molar-refractivity contribution in [2.24, 2.45) is 0 Å². The second kappa shape index (κ2) is 9.72. The number of alkyl carbamates (subject to hydrolysis) is 1. The molecule has 0 radical (unpaired) electrons. The molecule has 1 atom stereocenters. The first kappa shape index (κ1) is 23.8. The summed E-state index contributed by atoms with van der Waals surface area (Å²) >= 11 is 0. The maximum absolute atomic E-state index is 12.5. The minimum atomic E-state index is -3.45. The monoisotopic (exact) mass is 462 g/mol. The molecule has 1 heterocycles. The summed E-state index contributed by atoms with van der Waals surface area (Å²) in [6.45, 7) is 3.89. The quantitative estimate of drug-likeness (QED) is 0.552. The molecule has 1 aromatic carbocycles. The Balaban J connectivity index is 1.71. The number of anilines is 1. The highest BCUT2D eigenvalue weighted by Crippen LogP contribution is 2.42. The van der Waals surface area contributed by atoms with E-state index in [1.54, 1.807) is 24.3 Å². The van der Waals surface area contributed by atoms with Gasteiger partial charge in [-0.3, -0.25) is 9.89 Å². The molecule has 9 nitrogen and oxygen atoms in total. The fraction of sp³-hybridized carbons (Fsp3) is 0.500. The summed E-state index contributed by atoms with van der Waals surface area (Å²) in [5, 5.41) is 12.6. The maximum Gasteiger partial charge on any atom is 0.408 e. The molecule has 3 N–H and O–H groups in total. The Morgan fingerprint density at radius 1 is 1.25 bits per heavy atom. The second-order valence-corrected chi connectivity index (χ2v) is 10.3. The van der Waals surface area contributed by atoms with E-state index in [0.29, 0.717) is 29.9 Å². The van der Waals surface area contributed by atoms with Crippen molar-refractivity contribution in [1.29, 1.82) is 0 Å². The molecule has 10 heteroatoms. The Kier molecular flexibility index (Phi) is 7.22. The van der Waals surface area contributed by atoms with Gasteiger partial charge in [0.15, 0.2) is 21.3 Å². The molecular weight excluding hydrogens is 432 g/mol. The van der Waals surface area contributed by atoms with Gasteiger partial charge in [-0.05, 0) is 50.7 Å². The van der Waals surface area contributed by atoms with Crippen LogP contribution in [0.4, 0.5) is 10.6 Å². The van der Waals surface area contributed by atoms with Crippen molar-refractivity contribution in [3.05, 3.63) is 41.6 Å². The Labute approximate surface area is 188 Å². The van der Waals surface area contributed by atoms with E-state index < -0.39 is 27.4 Å². The SMILES string of the molecule is CC[C@H](C)NC(=O)OC1(c2cc(NC(=O)Cc3ccccc3S(C)(=O)=O)n[nH]2)CCCC1. The van der Waals surface area contributed by atoms with Crippen molar-refractivity contribution in [2.45, 2.75) is 68.9 Å². The largest absolute Gasteiger partial charge is 0.436 e. The lowest BCUT2D eigenvalue weighted by Gasteiger charge is -2.28. The average molecular weight is 463 g/mol. The zero-order chi connectivity index (χ0) is 23.4. The van der Waals surface area contributed by atoms with Crippen LogP contribution in [0.5, 0.6) is 0 Å². The van der Waals surface area contributed by atoms with Gasteiger partial charge in [0.25, 0.3) is 0 Å². The molecule has 3 rings (SSSR count). The number of nitrogens with one attached hydrogen (secondary N) is 3. The minimum absolute atomic E-state index is 0.00683. The van der Waals surface area contributed by atoms with Crippen molar-refractivity contribution >= 4 is 27.7 Å². The number of H-pyrrole nitrogens is 1. The van der Waals surface area contributed by atoms with Gasteiger partial charge in [-0.2, -0.15) is 5.10 Å². The fourth-order valence-corrected chi connectivity index (χ4v) is 4.82. The maximum atomic E-state index is 12.5. The lowest BCUT2D eigenvalue weighted by Crippen LogP contribution is -2.39. The molecule has 2 amide bonds. The van der Waals surface area contributed by atoms with E-state index in [-0.39, 0.29) is 17.4 Å². The van der Waals surface area contributed by atoms with E-state index in [1.807, 2.05) is 13.8 Å². The first-order valence-electron chi connectivity index (χ1n) is 10.8. The zero-order valence-electron chi connectivity index (χ0n) is 18.6. The molecule has 1 aromatic heterocycles. The molecule has 174 valence electrons. The van der Waals surface area contributed by atoms with Crippen LogP contribution in [-0.4, -0.2) is 42.9 Å². The Bertz CT molecular complexity index is 1070. The molecule has 1 fully saturated rings. The van der Waals surface area contributed by atoms with Gasteiger partial charge in [0.1, 0.15) is 0 Å². The molecule has 0 bridgehead atoms. The molecule has 1 saturated carbocycles. The first-order chi connectivity index (χ1) is 15.1. The molecule has 1 aliphatic carbocycles. The standard InChI is InChI=1S/C22H30N4O5S/c1-4-15(2)23-21(28)31-22(11-7-8-12-22)18-14-19(26-25-18)24-20(27)13-16-9-5-6-10-17(16)32(3,29)30/h5-6,9-10,14-15H,4,7-8,11-13H2,1-3H3,(H,23,28)(H2,24,25,26,27)/t15-/m0/s1. The van der Waals surface area contributed by atoms with Gasteiger partial charge in [-0.1, -0.05) is 25.1 Å². The fourth-order valence-electron chi connectivity index (χ4n) is 3.87. The molecule has 1 aliphatic rings. The summed E-state index contributed by atoms with van der Waals surface area (Å²) < 4.78 is 29.7. The number of amides is 2. The number of aromatic nitrogens is 2. The van der Waals surface area contributed by atoms with Crippen molar-refractivity contribution < 1.29 is 22.7 Å². The van der Waals surface area contributed by atoms with Crippen LogP contribution < -0.4 is 10.6 Å². The lowest BCUT2D eigenvalue weighted by atomic mass is 9.97. The van der Waals surface area contributed by atoms with Crippen LogP contribution in [0.1, 0.15) is 57.2 Å². The number of nitrogens with zero attached hydrogens (tertiary/aromatic N) is 1. The molecule has 32 heavy (non-hydrogen) atoms. The molecule has 2 aromatic rings. The number of aromatic amines is 1. The van der Waals surface area contributed by atoms with Crippen molar-refractivity contribution in [3.8, 4) is 0 Å².